The number of rotatable bonds is 5. The molecule has 0 fully saturated rings. The lowest BCUT2D eigenvalue weighted by Crippen LogP contribution is -2.35. The van der Waals surface area contributed by atoms with Crippen LogP contribution >= 0.6 is 27.5 Å². The summed E-state index contributed by atoms with van der Waals surface area (Å²) in [5.74, 6) is 0.0750. The average molecular weight is 320 g/mol. The molecule has 1 rings (SSSR count). The highest BCUT2D eigenvalue weighted by Crippen LogP contribution is 2.25. The fourth-order valence-corrected chi connectivity index (χ4v) is 2.04. The molecule has 0 bridgehead atoms. The van der Waals surface area contributed by atoms with Crippen molar-refractivity contribution < 1.29 is 4.79 Å². The zero-order valence-electron chi connectivity index (χ0n) is 9.96. The van der Waals surface area contributed by atoms with E-state index in [-0.39, 0.29) is 12.5 Å². The average Bonchev–Trinajstić information content (AvgIpc) is 2.32. The van der Waals surface area contributed by atoms with E-state index in [2.05, 4.69) is 21.2 Å². The lowest BCUT2D eigenvalue weighted by atomic mass is 10.3. The maximum absolute atomic E-state index is 11.8. The minimum absolute atomic E-state index is 0.0750. The number of nitrogens with one attached hydrogen (secondary N) is 1. The minimum atomic E-state index is 0.0750. The molecular formula is C12H16BrClN2O. The molecule has 1 amide bonds. The molecule has 5 heteroatoms. The number of anilines is 1. The Bertz CT molecular complexity index is 394. The van der Waals surface area contributed by atoms with Gasteiger partial charge in [0.25, 0.3) is 0 Å². The fourth-order valence-electron chi connectivity index (χ4n) is 1.49. The highest BCUT2D eigenvalue weighted by atomic mass is 79.9. The van der Waals surface area contributed by atoms with Crippen LogP contribution in [-0.4, -0.2) is 30.4 Å². The molecule has 0 aliphatic carbocycles. The van der Waals surface area contributed by atoms with Crippen molar-refractivity contribution in [3.8, 4) is 0 Å². The number of amides is 1. The zero-order valence-corrected chi connectivity index (χ0v) is 12.3. The number of nitrogens with zero attached hydrogens (tertiary/aromatic N) is 1. The van der Waals surface area contributed by atoms with E-state index in [4.69, 9.17) is 11.6 Å². The second kappa shape index (κ2) is 6.87. The van der Waals surface area contributed by atoms with E-state index in [1.807, 2.05) is 26.0 Å². The Morgan fingerprint density at radius 3 is 2.65 bits per heavy atom. The molecule has 0 spiro atoms. The summed E-state index contributed by atoms with van der Waals surface area (Å²) in [5.41, 5.74) is 0.765. The predicted octanol–water partition coefficient (Wildman–Crippen LogP) is 3.38. The van der Waals surface area contributed by atoms with Gasteiger partial charge in [-0.3, -0.25) is 4.79 Å². The molecule has 0 saturated heterocycles. The smallest absolute Gasteiger partial charge is 0.241 e. The summed E-state index contributed by atoms with van der Waals surface area (Å²) < 4.78 is 0.930. The second-order valence-corrected chi connectivity index (χ2v) is 4.87. The van der Waals surface area contributed by atoms with E-state index >= 15 is 0 Å². The van der Waals surface area contributed by atoms with Crippen molar-refractivity contribution in [2.24, 2.45) is 0 Å². The number of hydrogen-bond acceptors (Lipinski definition) is 2. The van der Waals surface area contributed by atoms with Crippen LogP contribution in [0.15, 0.2) is 22.7 Å². The van der Waals surface area contributed by atoms with Crippen molar-refractivity contribution in [3.63, 3.8) is 0 Å². The van der Waals surface area contributed by atoms with Gasteiger partial charge >= 0.3 is 0 Å². The van der Waals surface area contributed by atoms with Gasteiger partial charge in [-0.1, -0.05) is 27.5 Å². The van der Waals surface area contributed by atoms with Crippen molar-refractivity contribution in [2.45, 2.75) is 13.8 Å². The van der Waals surface area contributed by atoms with Gasteiger partial charge in [-0.2, -0.15) is 0 Å². The summed E-state index contributed by atoms with van der Waals surface area (Å²) in [4.78, 5) is 13.6. The Balaban J connectivity index is 2.61. The first-order chi connectivity index (χ1) is 8.08. The Hall–Kier alpha value is -0.740. The number of carbonyl (C=O) groups is 1. The SMILES string of the molecule is CCN(CC)C(=O)CNc1cc(Br)ccc1Cl. The molecule has 1 aromatic carbocycles. The Morgan fingerprint density at radius 2 is 2.06 bits per heavy atom. The van der Waals surface area contributed by atoms with E-state index < -0.39 is 0 Å². The molecule has 0 atom stereocenters. The zero-order chi connectivity index (χ0) is 12.8. The third-order valence-corrected chi connectivity index (χ3v) is 3.30. The lowest BCUT2D eigenvalue weighted by molar-refractivity contribution is -0.128. The van der Waals surface area contributed by atoms with Crippen molar-refractivity contribution in [1.82, 2.24) is 4.90 Å². The van der Waals surface area contributed by atoms with Crippen molar-refractivity contribution in [1.29, 1.82) is 0 Å². The van der Waals surface area contributed by atoms with Gasteiger partial charge in [-0.25, -0.2) is 0 Å². The van der Waals surface area contributed by atoms with Crippen LogP contribution in [0.25, 0.3) is 0 Å². The highest BCUT2D eigenvalue weighted by Gasteiger charge is 2.09. The van der Waals surface area contributed by atoms with Crippen molar-refractivity contribution >= 4 is 39.1 Å². The van der Waals surface area contributed by atoms with Crippen LogP contribution < -0.4 is 5.32 Å². The van der Waals surface area contributed by atoms with Crippen LogP contribution in [0.4, 0.5) is 5.69 Å². The molecule has 0 aromatic heterocycles. The quantitative estimate of drug-likeness (QED) is 0.902. The van der Waals surface area contributed by atoms with E-state index in [0.29, 0.717) is 5.02 Å². The Kier molecular flexibility index (Phi) is 5.78. The van der Waals surface area contributed by atoms with Gasteiger partial charge in [-0.05, 0) is 32.0 Å². The minimum Gasteiger partial charge on any atom is -0.375 e. The van der Waals surface area contributed by atoms with Gasteiger partial charge in [0.2, 0.25) is 5.91 Å². The first kappa shape index (κ1) is 14.3. The number of hydrogen-bond donors (Lipinski definition) is 1. The predicted molar refractivity (Wildman–Crippen MR) is 75.6 cm³/mol. The maximum atomic E-state index is 11.8. The second-order valence-electron chi connectivity index (χ2n) is 3.54. The van der Waals surface area contributed by atoms with Gasteiger partial charge in [-0.15, -0.1) is 0 Å². The van der Waals surface area contributed by atoms with Crippen LogP contribution in [0.2, 0.25) is 5.02 Å². The normalized spacial score (nSPS) is 10.1. The molecule has 3 nitrogen and oxygen atoms in total. The molecule has 0 radical (unpaired) electrons. The van der Waals surface area contributed by atoms with Crippen molar-refractivity contribution in [3.05, 3.63) is 27.7 Å². The molecule has 1 aromatic rings. The van der Waals surface area contributed by atoms with Gasteiger partial charge in [0.15, 0.2) is 0 Å². The van der Waals surface area contributed by atoms with Gasteiger partial charge in [0, 0.05) is 17.6 Å². The van der Waals surface area contributed by atoms with E-state index in [9.17, 15) is 4.79 Å². The van der Waals surface area contributed by atoms with Crippen LogP contribution in [0.1, 0.15) is 13.8 Å². The summed E-state index contributed by atoms with van der Waals surface area (Å²) in [7, 11) is 0. The fraction of sp³-hybridized carbons (Fsp3) is 0.417. The van der Waals surface area contributed by atoms with E-state index in [1.165, 1.54) is 0 Å². The molecule has 17 heavy (non-hydrogen) atoms. The standard InChI is InChI=1S/C12H16BrClN2O/c1-3-16(4-2)12(17)8-15-11-7-9(13)5-6-10(11)14/h5-7,15H,3-4,8H2,1-2H3. The number of likely N-dealkylation sites (N-methyl/N-ethyl adjacent to an activating group) is 1. The molecule has 0 unspecified atom stereocenters. The molecule has 0 aliphatic heterocycles. The Labute approximate surface area is 115 Å². The van der Waals surface area contributed by atoms with Gasteiger partial charge < -0.3 is 10.2 Å². The molecule has 94 valence electrons. The van der Waals surface area contributed by atoms with Crippen LogP contribution in [0.3, 0.4) is 0 Å². The highest BCUT2D eigenvalue weighted by molar-refractivity contribution is 9.10. The van der Waals surface area contributed by atoms with E-state index in [1.54, 1.807) is 11.0 Å². The van der Waals surface area contributed by atoms with Crippen LogP contribution in [0.5, 0.6) is 0 Å². The third-order valence-electron chi connectivity index (χ3n) is 2.47. The number of carbonyl (C=O) groups excluding carboxylic acids is 1. The maximum Gasteiger partial charge on any atom is 0.241 e. The summed E-state index contributed by atoms with van der Waals surface area (Å²) in [6.45, 7) is 5.64. The van der Waals surface area contributed by atoms with Crippen molar-refractivity contribution in [2.75, 3.05) is 25.0 Å². The Morgan fingerprint density at radius 1 is 1.41 bits per heavy atom. The topological polar surface area (TPSA) is 32.3 Å². The van der Waals surface area contributed by atoms with Gasteiger partial charge in [0.05, 0.1) is 17.3 Å². The molecule has 0 saturated carbocycles. The molecule has 1 N–H and O–H groups in total. The lowest BCUT2D eigenvalue weighted by Gasteiger charge is -2.19. The molecule has 0 aliphatic rings. The summed E-state index contributed by atoms with van der Waals surface area (Å²) in [5, 5.41) is 3.66. The summed E-state index contributed by atoms with van der Waals surface area (Å²) in [6.07, 6.45) is 0. The molecule has 0 heterocycles. The first-order valence-corrected chi connectivity index (χ1v) is 6.72. The number of halogens is 2. The molecular weight excluding hydrogens is 304 g/mol. The van der Waals surface area contributed by atoms with E-state index in [0.717, 1.165) is 23.2 Å². The first-order valence-electron chi connectivity index (χ1n) is 5.55. The summed E-state index contributed by atoms with van der Waals surface area (Å²) in [6, 6.07) is 5.51. The van der Waals surface area contributed by atoms with Crippen LogP contribution in [0, 0.1) is 0 Å². The van der Waals surface area contributed by atoms with Crippen LogP contribution in [-0.2, 0) is 4.79 Å². The summed E-state index contributed by atoms with van der Waals surface area (Å²) >= 11 is 9.38. The number of benzene rings is 1. The monoisotopic (exact) mass is 318 g/mol. The largest absolute Gasteiger partial charge is 0.375 e. The van der Waals surface area contributed by atoms with Gasteiger partial charge in [0.1, 0.15) is 0 Å². The third kappa shape index (κ3) is 4.21.